The number of nitrogen functional groups attached to an aromatic ring is 1. The van der Waals surface area contributed by atoms with E-state index in [1.807, 2.05) is 6.92 Å². The molecule has 0 amide bonds. The van der Waals surface area contributed by atoms with Crippen molar-refractivity contribution >= 4 is 17.1 Å². The summed E-state index contributed by atoms with van der Waals surface area (Å²) in [5, 5.41) is 4.16. The Kier molecular flexibility index (Phi) is 3.61. The monoisotopic (exact) mass is 293 g/mol. The number of aryl methyl sites for hydroxylation is 2. The summed E-state index contributed by atoms with van der Waals surface area (Å²) in [5.74, 6) is -4.39. The van der Waals surface area contributed by atoms with Crippen LogP contribution in [-0.4, -0.2) is 31.7 Å². The first-order valence-corrected chi connectivity index (χ1v) is 6.11. The number of nitrogens with zero attached hydrogens (tertiary/aromatic N) is 4. The van der Waals surface area contributed by atoms with Gasteiger partial charge in [0.2, 0.25) is 5.95 Å². The number of imidazole rings is 1. The number of rotatable bonds is 5. The molecule has 0 saturated heterocycles. The second-order valence-corrected chi connectivity index (χ2v) is 4.61. The van der Waals surface area contributed by atoms with Crippen LogP contribution in [0.1, 0.15) is 19.0 Å². The zero-order valence-electron chi connectivity index (χ0n) is 11.1. The van der Waals surface area contributed by atoms with Crippen LogP contribution in [0.15, 0.2) is 0 Å². The Morgan fingerprint density at radius 1 is 1.35 bits per heavy atom. The van der Waals surface area contributed by atoms with Crippen LogP contribution >= 0.6 is 0 Å². The number of fused-ring (bicyclic) bond motifs is 1. The zero-order chi connectivity index (χ0) is 15.1. The summed E-state index contributed by atoms with van der Waals surface area (Å²) in [7, 11) is 1.54. The first-order valence-electron chi connectivity index (χ1n) is 6.11. The largest absolute Gasteiger partial charge is 0.369 e. The number of halogens is 4. The van der Waals surface area contributed by atoms with Gasteiger partial charge in [0, 0.05) is 7.05 Å². The molecule has 2 N–H and O–H groups in total. The van der Waals surface area contributed by atoms with Crippen molar-refractivity contribution in [3.63, 3.8) is 0 Å². The van der Waals surface area contributed by atoms with Gasteiger partial charge in [-0.15, -0.1) is 0 Å². The Hall–Kier alpha value is -1.80. The maximum absolute atomic E-state index is 13.2. The highest BCUT2D eigenvalue weighted by Gasteiger charge is 2.42. The molecule has 0 unspecified atom stereocenters. The van der Waals surface area contributed by atoms with Crippen molar-refractivity contribution in [3.05, 3.63) is 5.69 Å². The summed E-state index contributed by atoms with van der Waals surface area (Å²) in [6.07, 6.45) is -2.35. The maximum Gasteiger partial charge on any atom is 0.325 e. The smallest absolute Gasteiger partial charge is 0.325 e. The van der Waals surface area contributed by atoms with E-state index in [9.17, 15) is 17.6 Å². The lowest BCUT2D eigenvalue weighted by molar-refractivity contribution is -0.137. The van der Waals surface area contributed by atoms with Crippen molar-refractivity contribution in [2.24, 2.45) is 7.05 Å². The third-order valence-corrected chi connectivity index (χ3v) is 3.00. The van der Waals surface area contributed by atoms with Gasteiger partial charge in [0.05, 0.1) is 12.2 Å². The molecule has 2 aromatic heterocycles. The quantitative estimate of drug-likeness (QED) is 0.860. The Bertz CT molecular complexity index is 616. The lowest BCUT2D eigenvalue weighted by atomic mass is 10.2. The summed E-state index contributed by atoms with van der Waals surface area (Å²) >= 11 is 0. The van der Waals surface area contributed by atoms with Gasteiger partial charge in [-0.05, 0) is 6.42 Å². The molecule has 0 aliphatic rings. The van der Waals surface area contributed by atoms with Gasteiger partial charge in [0.15, 0.2) is 5.65 Å². The summed E-state index contributed by atoms with van der Waals surface area (Å²) in [5.41, 5.74) is 6.81. The summed E-state index contributed by atoms with van der Waals surface area (Å²) in [6.45, 7) is 0.712. The Morgan fingerprint density at radius 2 is 2.00 bits per heavy atom. The molecular formula is C11H15F4N5. The van der Waals surface area contributed by atoms with Gasteiger partial charge < -0.3 is 5.73 Å². The highest BCUT2D eigenvalue weighted by atomic mass is 19.3. The van der Waals surface area contributed by atoms with E-state index in [-0.39, 0.29) is 11.6 Å². The standard InChI is InChI=1S/C11H15F4N5/c1-3-4-6-7-8(19(2)18-6)20(10(16)17-7)5-11(14,15)9(12)13/h9H,3-5H2,1-2H3,(H2,16,17). The van der Waals surface area contributed by atoms with Crippen LogP contribution < -0.4 is 5.73 Å². The van der Waals surface area contributed by atoms with E-state index in [4.69, 9.17) is 5.73 Å². The molecule has 0 fully saturated rings. The van der Waals surface area contributed by atoms with E-state index in [1.165, 1.54) is 4.68 Å². The molecule has 2 aromatic rings. The van der Waals surface area contributed by atoms with Crippen LogP contribution in [0.5, 0.6) is 0 Å². The lowest BCUT2D eigenvalue weighted by Crippen LogP contribution is -2.32. The van der Waals surface area contributed by atoms with Crippen LogP contribution in [0.2, 0.25) is 0 Å². The maximum atomic E-state index is 13.2. The van der Waals surface area contributed by atoms with Crippen molar-refractivity contribution in [2.75, 3.05) is 5.73 Å². The number of alkyl halides is 4. The summed E-state index contributed by atoms with van der Waals surface area (Å²) in [4.78, 5) is 3.98. The zero-order valence-corrected chi connectivity index (χ0v) is 11.1. The van der Waals surface area contributed by atoms with Gasteiger partial charge in [-0.1, -0.05) is 13.3 Å². The van der Waals surface area contributed by atoms with E-state index in [1.54, 1.807) is 7.05 Å². The number of hydrogen-bond acceptors (Lipinski definition) is 3. The molecule has 9 heteroatoms. The SMILES string of the molecule is CCCc1nn(C)c2c1nc(N)n2CC(F)(F)C(F)F. The van der Waals surface area contributed by atoms with Crippen molar-refractivity contribution in [1.82, 2.24) is 19.3 Å². The van der Waals surface area contributed by atoms with Crippen LogP contribution in [0.25, 0.3) is 11.2 Å². The molecule has 2 heterocycles. The van der Waals surface area contributed by atoms with Crippen LogP contribution in [-0.2, 0) is 20.0 Å². The number of hydrogen-bond donors (Lipinski definition) is 1. The fraction of sp³-hybridized carbons (Fsp3) is 0.636. The van der Waals surface area contributed by atoms with Gasteiger partial charge >= 0.3 is 12.3 Å². The minimum Gasteiger partial charge on any atom is -0.369 e. The number of aromatic nitrogens is 4. The first-order chi connectivity index (χ1) is 9.27. The van der Waals surface area contributed by atoms with E-state index in [0.29, 0.717) is 17.6 Å². The molecule has 0 aliphatic heterocycles. The molecule has 0 bridgehead atoms. The summed E-state index contributed by atoms with van der Waals surface area (Å²) < 4.78 is 53.3. The molecule has 112 valence electrons. The first kappa shape index (κ1) is 14.6. The molecule has 20 heavy (non-hydrogen) atoms. The minimum absolute atomic E-state index is 0.217. The Morgan fingerprint density at radius 3 is 2.55 bits per heavy atom. The number of anilines is 1. The average molecular weight is 293 g/mol. The third-order valence-electron chi connectivity index (χ3n) is 3.00. The van der Waals surface area contributed by atoms with Crippen LogP contribution in [0, 0.1) is 0 Å². The third kappa shape index (κ3) is 2.32. The highest BCUT2D eigenvalue weighted by molar-refractivity contribution is 5.77. The molecule has 0 aromatic carbocycles. The second-order valence-electron chi connectivity index (χ2n) is 4.61. The second kappa shape index (κ2) is 4.95. The van der Waals surface area contributed by atoms with E-state index in [0.717, 1.165) is 11.0 Å². The van der Waals surface area contributed by atoms with Crippen LogP contribution in [0.4, 0.5) is 23.5 Å². The molecule has 0 radical (unpaired) electrons. The molecule has 0 saturated carbocycles. The van der Waals surface area contributed by atoms with Crippen molar-refractivity contribution in [1.29, 1.82) is 0 Å². The van der Waals surface area contributed by atoms with Crippen LogP contribution in [0.3, 0.4) is 0 Å². The Labute approximate surface area is 112 Å². The fourth-order valence-corrected chi connectivity index (χ4v) is 2.10. The van der Waals surface area contributed by atoms with Gasteiger partial charge in [0.25, 0.3) is 0 Å². The van der Waals surface area contributed by atoms with Crippen molar-refractivity contribution < 1.29 is 17.6 Å². The molecule has 0 spiro atoms. The van der Waals surface area contributed by atoms with Crippen molar-refractivity contribution in [3.8, 4) is 0 Å². The average Bonchev–Trinajstić information content (AvgIpc) is 2.80. The van der Waals surface area contributed by atoms with Gasteiger partial charge in [-0.3, -0.25) is 9.25 Å². The fourth-order valence-electron chi connectivity index (χ4n) is 2.10. The van der Waals surface area contributed by atoms with E-state index >= 15 is 0 Å². The Balaban J connectivity index is 2.51. The minimum atomic E-state index is -4.17. The van der Waals surface area contributed by atoms with Gasteiger partial charge in [0.1, 0.15) is 5.52 Å². The highest BCUT2D eigenvalue weighted by Crippen LogP contribution is 2.29. The topological polar surface area (TPSA) is 61.7 Å². The molecule has 5 nitrogen and oxygen atoms in total. The predicted molar refractivity (Wildman–Crippen MR) is 65.9 cm³/mol. The molecule has 0 aliphatic carbocycles. The molecular weight excluding hydrogens is 278 g/mol. The molecule has 2 rings (SSSR count). The van der Waals surface area contributed by atoms with Gasteiger partial charge in [-0.2, -0.15) is 13.9 Å². The molecule has 0 atom stereocenters. The summed E-state index contributed by atoms with van der Waals surface area (Å²) in [6, 6.07) is 0. The number of nitrogens with two attached hydrogens (primary N) is 1. The lowest BCUT2D eigenvalue weighted by Gasteiger charge is -2.16. The van der Waals surface area contributed by atoms with Gasteiger partial charge in [-0.25, -0.2) is 13.8 Å². The van der Waals surface area contributed by atoms with E-state index in [2.05, 4.69) is 10.1 Å². The predicted octanol–water partition coefficient (Wildman–Crippen LogP) is 2.20. The van der Waals surface area contributed by atoms with Crippen molar-refractivity contribution in [2.45, 2.75) is 38.7 Å². The normalized spacial score (nSPS) is 12.8. The van der Waals surface area contributed by atoms with E-state index < -0.39 is 18.9 Å².